The molecule has 0 unspecified atom stereocenters. The van der Waals surface area contributed by atoms with E-state index in [4.69, 9.17) is 14.6 Å². The number of hydrogen-bond acceptors (Lipinski definition) is 7. The summed E-state index contributed by atoms with van der Waals surface area (Å²) in [4.78, 5) is 7.58. The maximum absolute atomic E-state index is 11.1. The molecule has 0 aliphatic heterocycles. The Bertz CT molecular complexity index is 623. The summed E-state index contributed by atoms with van der Waals surface area (Å²) in [6.07, 6.45) is 1.39. The van der Waals surface area contributed by atoms with Crippen molar-refractivity contribution in [2.45, 2.75) is 5.16 Å². The number of ether oxygens (including phenoxy) is 2. The molecule has 9 nitrogen and oxygen atoms in total. The van der Waals surface area contributed by atoms with Crippen molar-refractivity contribution in [1.29, 1.82) is 0 Å². The van der Waals surface area contributed by atoms with E-state index >= 15 is 0 Å². The number of nitrogens with zero attached hydrogens (tertiary/aromatic N) is 4. The van der Waals surface area contributed by atoms with E-state index in [-0.39, 0.29) is 11.7 Å². The third-order valence-corrected chi connectivity index (χ3v) is 2.60. The molecule has 0 bridgehead atoms. The van der Waals surface area contributed by atoms with Gasteiger partial charge in [-0.15, -0.1) is 5.10 Å². The van der Waals surface area contributed by atoms with Crippen LogP contribution in [0.3, 0.4) is 0 Å². The molecule has 0 amide bonds. The molecule has 0 aromatic carbocycles. The summed E-state index contributed by atoms with van der Waals surface area (Å²) in [5.41, 5.74) is 0. The monoisotopic (exact) mass is 259 g/mol. The predicted molar refractivity (Wildman–Crippen MR) is 55.3 cm³/mol. The maximum Gasteiger partial charge on any atom is 0.284 e. The summed E-state index contributed by atoms with van der Waals surface area (Å²) in [5.74, 6) is 0.519. The van der Waals surface area contributed by atoms with Crippen LogP contribution in [-0.4, -0.2) is 42.2 Å². The fraction of sp³-hybridized carbons (Fsp3) is 0.286. The maximum atomic E-state index is 11.1. The third kappa shape index (κ3) is 1.99. The summed E-state index contributed by atoms with van der Waals surface area (Å²) >= 11 is 0. The standard InChI is InChI=1S/C7H9N5O4S/c1-15-4-3-12-6(9-5(4)16-2)10-7(11-12)17(8,13)14/h3H,1-2H3,(H2,8,13,14). The van der Waals surface area contributed by atoms with Crippen molar-refractivity contribution in [3.8, 4) is 11.6 Å². The van der Waals surface area contributed by atoms with E-state index in [1.54, 1.807) is 0 Å². The van der Waals surface area contributed by atoms with Gasteiger partial charge in [0.2, 0.25) is 0 Å². The first-order valence-electron chi connectivity index (χ1n) is 4.34. The minimum atomic E-state index is -3.97. The van der Waals surface area contributed by atoms with Gasteiger partial charge in [-0.3, -0.25) is 0 Å². The normalized spacial score (nSPS) is 11.7. The molecule has 10 heteroatoms. The fourth-order valence-electron chi connectivity index (χ4n) is 1.18. The van der Waals surface area contributed by atoms with Crippen molar-refractivity contribution in [3.05, 3.63) is 6.20 Å². The molecule has 0 aliphatic carbocycles. The molecule has 0 fully saturated rings. The van der Waals surface area contributed by atoms with Crippen LogP contribution in [0.2, 0.25) is 0 Å². The quantitative estimate of drug-likeness (QED) is 0.733. The largest absolute Gasteiger partial charge is 0.490 e. The highest BCUT2D eigenvalue weighted by molar-refractivity contribution is 7.89. The number of nitrogens with two attached hydrogens (primary N) is 1. The Morgan fingerprint density at radius 1 is 1.29 bits per heavy atom. The molecule has 0 saturated heterocycles. The molecule has 17 heavy (non-hydrogen) atoms. The second kappa shape index (κ2) is 3.82. The topological polar surface area (TPSA) is 122 Å². The molecule has 92 valence electrons. The summed E-state index contributed by atoms with van der Waals surface area (Å²) in [6.45, 7) is 0. The highest BCUT2D eigenvalue weighted by Crippen LogP contribution is 2.23. The number of sulfonamides is 1. The molecule has 2 heterocycles. The van der Waals surface area contributed by atoms with Crippen LogP contribution in [0.1, 0.15) is 0 Å². The van der Waals surface area contributed by atoms with Crippen LogP contribution in [0.5, 0.6) is 11.6 Å². The minimum Gasteiger partial charge on any atom is -0.490 e. The van der Waals surface area contributed by atoms with Crippen LogP contribution in [0.4, 0.5) is 0 Å². The van der Waals surface area contributed by atoms with Gasteiger partial charge in [0.15, 0.2) is 5.75 Å². The van der Waals surface area contributed by atoms with Gasteiger partial charge in [-0.2, -0.15) is 14.5 Å². The fourth-order valence-corrected chi connectivity index (χ4v) is 1.59. The number of primary sulfonamides is 1. The molecule has 0 aliphatic rings. The van der Waals surface area contributed by atoms with E-state index in [0.717, 1.165) is 4.52 Å². The second-order valence-electron chi connectivity index (χ2n) is 3.00. The van der Waals surface area contributed by atoms with E-state index in [2.05, 4.69) is 15.1 Å². The summed E-state index contributed by atoms with van der Waals surface area (Å²) in [5, 5.41) is 8.05. The molecular weight excluding hydrogens is 250 g/mol. The number of hydrogen-bond donors (Lipinski definition) is 1. The van der Waals surface area contributed by atoms with Gasteiger partial charge >= 0.3 is 0 Å². The SMILES string of the molecule is COc1cn2nc(S(N)(=O)=O)nc2nc1OC. The Labute approximate surface area is 96.2 Å². The zero-order valence-corrected chi connectivity index (χ0v) is 9.80. The van der Waals surface area contributed by atoms with Gasteiger partial charge in [-0.05, 0) is 0 Å². The van der Waals surface area contributed by atoms with Gasteiger partial charge < -0.3 is 9.47 Å². The van der Waals surface area contributed by atoms with Crippen LogP contribution in [-0.2, 0) is 10.0 Å². The number of methoxy groups -OCH3 is 2. The van der Waals surface area contributed by atoms with Crippen LogP contribution < -0.4 is 14.6 Å². The van der Waals surface area contributed by atoms with E-state index in [1.807, 2.05) is 0 Å². The first-order valence-corrected chi connectivity index (χ1v) is 5.88. The molecule has 0 saturated carbocycles. The van der Waals surface area contributed by atoms with Gasteiger partial charge in [0.05, 0.1) is 20.4 Å². The highest BCUT2D eigenvalue weighted by atomic mass is 32.2. The van der Waals surface area contributed by atoms with Crippen LogP contribution in [0.15, 0.2) is 11.4 Å². The highest BCUT2D eigenvalue weighted by Gasteiger charge is 2.18. The van der Waals surface area contributed by atoms with E-state index < -0.39 is 15.2 Å². The number of aromatic nitrogens is 4. The van der Waals surface area contributed by atoms with Gasteiger partial charge in [0.25, 0.3) is 26.8 Å². The van der Waals surface area contributed by atoms with Crippen molar-refractivity contribution in [2.75, 3.05) is 14.2 Å². The summed E-state index contributed by atoms with van der Waals surface area (Å²) < 4.78 is 33.2. The molecule has 0 radical (unpaired) electrons. The first kappa shape index (κ1) is 11.5. The average molecular weight is 259 g/mol. The molecule has 2 aromatic heterocycles. The Morgan fingerprint density at radius 3 is 2.53 bits per heavy atom. The Hall–Kier alpha value is -1.94. The Kier molecular flexibility index (Phi) is 2.59. The average Bonchev–Trinajstić information content (AvgIpc) is 2.69. The number of fused-ring (bicyclic) bond motifs is 1. The molecule has 0 atom stereocenters. The van der Waals surface area contributed by atoms with Crippen molar-refractivity contribution in [2.24, 2.45) is 5.14 Å². The van der Waals surface area contributed by atoms with Gasteiger partial charge in [0, 0.05) is 0 Å². The lowest BCUT2D eigenvalue weighted by molar-refractivity contribution is 0.341. The predicted octanol–water partition coefficient (Wildman–Crippen LogP) is -1.21. The lowest BCUT2D eigenvalue weighted by Gasteiger charge is -2.04. The van der Waals surface area contributed by atoms with Crippen LogP contribution in [0, 0.1) is 0 Å². The third-order valence-electron chi connectivity index (χ3n) is 1.91. The van der Waals surface area contributed by atoms with Crippen molar-refractivity contribution in [3.63, 3.8) is 0 Å². The van der Waals surface area contributed by atoms with Crippen molar-refractivity contribution >= 4 is 15.8 Å². The van der Waals surface area contributed by atoms with Crippen molar-refractivity contribution < 1.29 is 17.9 Å². The summed E-state index contributed by atoms with van der Waals surface area (Å²) in [7, 11) is -1.15. The van der Waals surface area contributed by atoms with Crippen LogP contribution in [0.25, 0.3) is 5.78 Å². The van der Waals surface area contributed by atoms with E-state index in [0.29, 0.717) is 5.75 Å². The van der Waals surface area contributed by atoms with Gasteiger partial charge in [-0.25, -0.2) is 13.6 Å². The Balaban J connectivity index is 2.70. The zero-order valence-electron chi connectivity index (χ0n) is 8.98. The molecule has 2 aromatic rings. The molecule has 0 spiro atoms. The van der Waals surface area contributed by atoms with Gasteiger partial charge in [-0.1, -0.05) is 0 Å². The lowest BCUT2D eigenvalue weighted by Crippen LogP contribution is -2.14. The van der Waals surface area contributed by atoms with Crippen LogP contribution >= 0.6 is 0 Å². The van der Waals surface area contributed by atoms with Gasteiger partial charge in [0.1, 0.15) is 0 Å². The molecule has 2 N–H and O–H groups in total. The summed E-state index contributed by atoms with van der Waals surface area (Å²) in [6, 6.07) is 0. The minimum absolute atomic E-state index is 0.0478. The van der Waals surface area contributed by atoms with Crippen molar-refractivity contribution in [1.82, 2.24) is 19.6 Å². The van der Waals surface area contributed by atoms with E-state index in [1.165, 1.54) is 20.4 Å². The molecular formula is C7H9N5O4S. The lowest BCUT2D eigenvalue weighted by atomic mass is 10.5. The number of rotatable bonds is 3. The second-order valence-corrected chi connectivity index (χ2v) is 4.46. The molecule has 2 rings (SSSR count). The Morgan fingerprint density at radius 2 is 2.00 bits per heavy atom. The zero-order chi connectivity index (χ0) is 12.6. The first-order chi connectivity index (χ1) is 7.95. The van der Waals surface area contributed by atoms with E-state index in [9.17, 15) is 8.42 Å². The smallest absolute Gasteiger partial charge is 0.284 e.